The molecular weight excluding hydrogens is 320 g/mol. The molecular formula is C23H18N2O. The molecule has 5 aromatic carbocycles. The van der Waals surface area contributed by atoms with E-state index in [0.717, 1.165) is 39.0 Å². The van der Waals surface area contributed by atoms with Crippen LogP contribution < -0.4 is 16.2 Å². The Morgan fingerprint density at radius 3 is 2.12 bits per heavy atom. The smallest absolute Gasteiger partial charge is 0.118 e. The van der Waals surface area contributed by atoms with Crippen molar-refractivity contribution in [2.75, 3.05) is 18.6 Å². The summed E-state index contributed by atoms with van der Waals surface area (Å²) in [4.78, 5) is 0. The predicted molar refractivity (Wildman–Crippen MR) is 111 cm³/mol. The first kappa shape index (κ1) is 14.8. The van der Waals surface area contributed by atoms with Gasteiger partial charge in [-0.3, -0.25) is 0 Å². The SMILES string of the molecule is COc1ccc(-c2cc3ccc4c(N)ccc5ccc(c2N)c3c54)cc1. The van der Waals surface area contributed by atoms with Gasteiger partial charge in [-0.05, 0) is 51.4 Å². The van der Waals surface area contributed by atoms with Gasteiger partial charge in [0.2, 0.25) is 0 Å². The molecule has 0 aliphatic rings. The number of hydrogen-bond donors (Lipinski definition) is 2. The number of hydrogen-bond acceptors (Lipinski definition) is 3. The number of ether oxygens (including phenoxy) is 1. The zero-order valence-corrected chi connectivity index (χ0v) is 14.4. The van der Waals surface area contributed by atoms with Gasteiger partial charge in [-0.25, -0.2) is 0 Å². The zero-order valence-electron chi connectivity index (χ0n) is 14.4. The predicted octanol–water partition coefficient (Wildman–Crippen LogP) is 5.42. The Morgan fingerprint density at radius 2 is 1.35 bits per heavy atom. The van der Waals surface area contributed by atoms with E-state index in [9.17, 15) is 0 Å². The summed E-state index contributed by atoms with van der Waals surface area (Å²) in [5.74, 6) is 0.834. The average Bonchev–Trinajstić information content (AvgIpc) is 2.69. The molecule has 0 bridgehead atoms. The highest BCUT2D eigenvalue weighted by Gasteiger charge is 2.15. The maximum absolute atomic E-state index is 6.61. The van der Waals surface area contributed by atoms with Crippen LogP contribution in [-0.2, 0) is 0 Å². The van der Waals surface area contributed by atoms with Gasteiger partial charge in [0, 0.05) is 27.7 Å². The number of anilines is 2. The fourth-order valence-electron chi connectivity index (χ4n) is 3.93. The van der Waals surface area contributed by atoms with Crippen molar-refractivity contribution in [2.45, 2.75) is 0 Å². The summed E-state index contributed by atoms with van der Waals surface area (Å²) in [6.07, 6.45) is 0. The highest BCUT2D eigenvalue weighted by Crippen LogP contribution is 2.42. The maximum Gasteiger partial charge on any atom is 0.118 e. The minimum atomic E-state index is 0.791. The van der Waals surface area contributed by atoms with E-state index in [1.54, 1.807) is 7.11 Å². The molecule has 0 heterocycles. The summed E-state index contributed by atoms with van der Waals surface area (Å²) in [7, 11) is 1.67. The molecule has 0 aromatic heterocycles. The van der Waals surface area contributed by atoms with Crippen LogP contribution in [0.1, 0.15) is 0 Å². The molecule has 5 rings (SSSR count). The lowest BCUT2D eigenvalue weighted by atomic mass is 9.89. The zero-order chi connectivity index (χ0) is 17.8. The quantitative estimate of drug-likeness (QED) is 0.333. The van der Waals surface area contributed by atoms with Crippen LogP contribution in [0.25, 0.3) is 43.4 Å². The summed E-state index contributed by atoms with van der Waals surface area (Å²) < 4.78 is 5.26. The first-order valence-corrected chi connectivity index (χ1v) is 8.57. The Hall–Kier alpha value is -3.46. The maximum atomic E-state index is 6.61. The van der Waals surface area contributed by atoms with Crippen molar-refractivity contribution >= 4 is 43.7 Å². The Balaban J connectivity index is 1.88. The lowest BCUT2D eigenvalue weighted by Gasteiger charge is -2.16. The molecule has 126 valence electrons. The lowest BCUT2D eigenvalue weighted by Crippen LogP contribution is -1.96. The highest BCUT2D eigenvalue weighted by molar-refractivity contribution is 6.28. The number of rotatable bonds is 2. The van der Waals surface area contributed by atoms with Crippen LogP contribution in [0.15, 0.2) is 66.7 Å². The van der Waals surface area contributed by atoms with Crippen molar-refractivity contribution in [3.8, 4) is 16.9 Å². The second-order valence-corrected chi connectivity index (χ2v) is 6.64. The molecule has 0 unspecified atom stereocenters. The summed E-state index contributed by atoms with van der Waals surface area (Å²) >= 11 is 0. The van der Waals surface area contributed by atoms with Gasteiger partial charge in [-0.15, -0.1) is 0 Å². The van der Waals surface area contributed by atoms with Gasteiger partial charge in [0.1, 0.15) is 5.75 Å². The second-order valence-electron chi connectivity index (χ2n) is 6.64. The first-order valence-electron chi connectivity index (χ1n) is 8.57. The summed E-state index contributed by atoms with van der Waals surface area (Å²) in [6.45, 7) is 0. The molecule has 5 aromatic rings. The van der Waals surface area contributed by atoms with Crippen molar-refractivity contribution in [1.82, 2.24) is 0 Å². The van der Waals surface area contributed by atoms with Crippen molar-refractivity contribution < 1.29 is 4.74 Å². The molecule has 0 radical (unpaired) electrons. The normalized spacial score (nSPS) is 11.6. The molecule has 0 aliphatic carbocycles. The molecule has 3 heteroatoms. The van der Waals surface area contributed by atoms with Crippen molar-refractivity contribution in [3.05, 3.63) is 66.7 Å². The van der Waals surface area contributed by atoms with Gasteiger partial charge >= 0.3 is 0 Å². The van der Waals surface area contributed by atoms with E-state index in [-0.39, 0.29) is 0 Å². The van der Waals surface area contributed by atoms with Gasteiger partial charge in [0.25, 0.3) is 0 Å². The Kier molecular flexibility index (Phi) is 3.01. The second kappa shape index (κ2) is 5.27. The third kappa shape index (κ3) is 1.94. The standard InChI is InChI=1S/C23H18N2O/c1-26-16-7-2-13(3-8-16)19-12-15-5-9-17-20(24)11-6-14-4-10-18(23(19)25)22(15)21(14)17/h2-12H,24-25H2,1H3. The van der Waals surface area contributed by atoms with Gasteiger partial charge in [0.15, 0.2) is 0 Å². The molecule has 0 saturated carbocycles. The summed E-state index contributed by atoms with van der Waals surface area (Å²) in [6, 6.07) is 22.7. The van der Waals surface area contributed by atoms with Crippen LogP contribution in [0.5, 0.6) is 5.75 Å². The fourth-order valence-corrected chi connectivity index (χ4v) is 3.93. The minimum absolute atomic E-state index is 0.791. The van der Waals surface area contributed by atoms with E-state index in [0.29, 0.717) is 0 Å². The monoisotopic (exact) mass is 338 g/mol. The molecule has 0 fully saturated rings. The molecule has 0 aliphatic heterocycles. The molecule has 4 N–H and O–H groups in total. The third-order valence-corrected chi connectivity index (χ3v) is 5.26. The van der Waals surface area contributed by atoms with E-state index in [4.69, 9.17) is 16.2 Å². The van der Waals surface area contributed by atoms with Gasteiger partial charge < -0.3 is 16.2 Å². The third-order valence-electron chi connectivity index (χ3n) is 5.26. The molecule has 0 atom stereocenters. The highest BCUT2D eigenvalue weighted by atomic mass is 16.5. The Morgan fingerprint density at radius 1 is 0.692 bits per heavy atom. The number of nitrogen functional groups attached to an aromatic ring is 2. The Labute approximate surface area is 151 Å². The largest absolute Gasteiger partial charge is 0.497 e. The van der Waals surface area contributed by atoms with Gasteiger partial charge in [0.05, 0.1) is 7.11 Å². The van der Waals surface area contributed by atoms with Crippen LogP contribution in [0.4, 0.5) is 11.4 Å². The van der Waals surface area contributed by atoms with Crippen molar-refractivity contribution in [1.29, 1.82) is 0 Å². The number of nitrogens with two attached hydrogens (primary N) is 2. The van der Waals surface area contributed by atoms with E-state index >= 15 is 0 Å². The van der Waals surface area contributed by atoms with E-state index in [1.807, 2.05) is 30.3 Å². The Bertz CT molecular complexity index is 1270. The van der Waals surface area contributed by atoms with Crippen molar-refractivity contribution in [2.24, 2.45) is 0 Å². The van der Waals surface area contributed by atoms with Crippen LogP contribution in [0.3, 0.4) is 0 Å². The number of methoxy groups -OCH3 is 1. The van der Waals surface area contributed by atoms with Crippen LogP contribution in [-0.4, -0.2) is 7.11 Å². The average molecular weight is 338 g/mol. The minimum Gasteiger partial charge on any atom is -0.497 e. The topological polar surface area (TPSA) is 61.3 Å². The lowest BCUT2D eigenvalue weighted by molar-refractivity contribution is 0.415. The van der Waals surface area contributed by atoms with Gasteiger partial charge in [-0.1, -0.05) is 42.5 Å². The van der Waals surface area contributed by atoms with Crippen molar-refractivity contribution in [3.63, 3.8) is 0 Å². The fraction of sp³-hybridized carbons (Fsp3) is 0.0435. The van der Waals surface area contributed by atoms with Crippen LogP contribution in [0.2, 0.25) is 0 Å². The van der Waals surface area contributed by atoms with Crippen LogP contribution in [0, 0.1) is 0 Å². The molecule has 0 saturated heterocycles. The molecule has 0 spiro atoms. The summed E-state index contributed by atoms with van der Waals surface area (Å²) in [5, 5.41) is 6.87. The first-order chi connectivity index (χ1) is 12.7. The van der Waals surface area contributed by atoms with E-state index in [2.05, 4.69) is 36.4 Å². The molecule has 26 heavy (non-hydrogen) atoms. The number of benzene rings is 5. The van der Waals surface area contributed by atoms with E-state index in [1.165, 1.54) is 21.5 Å². The van der Waals surface area contributed by atoms with E-state index < -0.39 is 0 Å². The summed E-state index contributed by atoms with van der Waals surface area (Å²) in [5.41, 5.74) is 16.5. The molecule has 3 nitrogen and oxygen atoms in total. The van der Waals surface area contributed by atoms with Gasteiger partial charge in [-0.2, -0.15) is 0 Å². The van der Waals surface area contributed by atoms with Crippen LogP contribution >= 0.6 is 0 Å². The molecule has 0 amide bonds.